The minimum absolute atomic E-state index is 0.121. The number of piperazine rings is 1. The van der Waals surface area contributed by atoms with E-state index in [2.05, 4.69) is 9.80 Å². The Morgan fingerprint density at radius 1 is 1.17 bits per heavy atom. The molecule has 1 aliphatic heterocycles. The van der Waals surface area contributed by atoms with Crippen LogP contribution in [0.3, 0.4) is 0 Å². The third kappa shape index (κ3) is 3.27. The van der Waals surface area contributed by atoms with Crippen molar-refractivity contribution in [3.05, 3.63) is 27.8 Å². The molecule has 1 saturated heterocycles. The molecule has 2 fully saturated rings. The lowest BCUT2D eigenvalue weighted by atomic mass is 10.1. The summed E-state index contributed by atoms with van der Waals surface area (Å²) >= 11 is 0. The predicted molar refractivity (Wildman–Crippen MR) is 90.4 cm³/mol. The highest BCUT2D eigenvalue weighted by atomic mass is 16.6. The summed E-state index contributed by atoms with van der Waals surface area (Å²) in [6.07, 6.45) is 5.39. The summed E-state index contributed by atoms with van der Waals surface area (Å²) in [4.78, 5) is 15.6. The molecule has 3 rings (SSSR count). The molecule has 0 aromatic heterocycles. The van der Waals surface area contributed by atoms with Gasteiger partial charge in [-0.2, -0.15) is 0 Å². The van der Waals surface area contributed by atoms with Crippen molar-refractivity contribution in [3.8, 4) is 5.75 Å². The molecule has 126 valence electrons. The maximum Gasteiger partial charge on any atom is 0.276 e. The largest absolute Gasteiger partial charge is 0.494 e. The number of aryl methyl sites for hydroxylation is 1. The van der Waals surface area contributed by atoms with Crippen LogP contribution in [0, 0.1) is 17.0 Å². The fourth-order valence-corrected chi connectivity index (χ4v) is 3.87. The van der Waals surface area contributed by atoms with Crippen LogP contribution in [-0.2, 0) is 0 Å². The van der Waals surface area contributed by atoms with Crippen molar-refractivity contribution in [2.45, 2.75) is 38.6 Å². The Morgan fingerprint density at radius 2 is 1.83 bits per heavy atom. The number of nitro groups is 1. The van der Waals surface area contributed by atoms with Crippen LogP contribution in [0.5, 0.6) is 5.75 Å². The summed E-state index contributed by atoms with van der Waals surface area (Å²) < 4.78 is 5.41. The number of anilines is 1. The van der Waals surface area contributed by atoms with Crippen molar-refractivity contribution in [1.82, 2.24) is 4.90 Å². The molecule has 0 atom stereocenters. The number of benzene rings is 1. The van der Waals surface area contributed by atoms with Crippen LogP contribution in [0.15, 0.2) is 12.1 Å². The van der Waals surface area contributed by atoms with Crippen molar-refractivity contribution in [2.24, 2.45) is 0 Å². The van der Waals surface area contributed by atoms with E-state index in [1.807, 2.05) is 6.07 Å². The van der Waals surface area contributed by atoms with Crippen LogP contribution >= 0.6 is 0 Å². The fourth-order valence-electron chi connectivity index (χ4n) is 3.87. The molecule has 6 nitrogen and oxygen atoms in total. The van der Waals surface area contributed by atoms with Gasteiger partial charge >= 0.3 is 0 Å². The first-order chi connectivity index (χ1) is 11.1. The molecule has 2 aliphatic rings. The molecule has 1 aliphatic carbocycles. The minimum atomic E-state index is -0.348. The molecular formula is C17H25N3O3. The van der Waals surface area contributed by atoms with E-state index in [-0.39, 0.29) is 10.6 Å². The van der Waals surface area contributed by atoms with E-state index in [0.29, 0.717) is 11.3 Å². The standard InChI is InChI=1S/C17H25N3O3/c1-13-11-16(17(23-2)12-15(13)20(21)22)19-9-7-18(8-10-19)14-5-3-4-6-14/h11-12,14H,3-10H2,1-2H3. The second kappa shape index (κ2) is 6.74. The number of hydrogen-bond donors (Lipinski definition) is 0. The molecule has 1 saturated carbocycles. The van der Waals surface area contributed by atoms with Crippen molar-refractivity contribution in [3.63, 3.8) is 0 Å². The minimum Gasteiger partial charge on any atom is -0.494 e. The predicted octanol–water partition coefficient (Wildman–Crippen LogP) is 2.98. The Morgan fingerprint density at radius 3 is 2.39 bits per heavy atom. The van der Waals surface area contributed by atoms with Gasteiger partial charge in [0.15, 0.2) is 0 Å². The third-order valence-electron chi connectivity index (χ3n) is 5.19. The molecule has 0 spiro atoms. The van der Waals surface area contributed by atoms with E-state index in [9.17, 15) is 10.1 Å². The van der Waals surface area contributed by atoms with Gasteiger partial charge in [-0.25, -0.2) is 0 Å². The Bertz CT molecular complexity index is 577. The Balaban J connectivity index is 1.74. The maximum atomic E-state index is 11.1. The number of nitrogens with zero attached hydrogens (tertiary/aromatic N) is 3. The van der Waals surface area contributed by atoms with Crippen LogP contribution in [-0.4, -0.2) is 49.2 Å². The topological polar surface area (TPSA) is 58.9 Å². The molecular weight excluding hydrogens is 294 g/mol. The molecule has 0 bridgehead atoms. The number of hydrogen-bond acceptors (Lipinski definition) is 5. The number of methoxy groups -OCH3 is 1. The van der Waals surface area contributed by atoms with Crippen molar-refractivity contribution in [2.75, 3.05) is 38.2 Å². The molecule has 0 N–H and O–H groups in total. The summed E-state index contributed by atoms with van der Waals surface area (Å²) in [5.74, 6) is 0.594. The van der Waals surface area contributed by atoms with Crippen molar-refractivity contribution < 1.29 is 9.66 Å². The molecule has 1 heterocycles. The van der Waals surface area contributed by atoms with Gasteiger partial charge in [0.25, 0.3) is 5.69 Å². The van der Waals surface area contributed by atoms with E-state index in [1.165, 1.54) is 25.7 Å². The summed E-state index contributed by atoms with van der Waals surface area (Å²) in [6, 6.07) is 4.20. The lowest BCUT2D eigenvalue weighted by Crippen LogP contribution is -2.49. The first-order valence-corrected chi connectivity index (χ1v) is 8.42. The Kier molecular flexibility index (Phi) is 4.71. The normalized spacial score (nSPS) is 20.0. The molecule has 0 radical (unpaired) electrons. The van der Waals surface area contributed by atoms with Crippen LogP contribution in [0.4, 0.5) is 11.4 Å². The van der Waals surface area contributed by atoms with Gasteiger partial charge in [-0.05, 0) is 25.8 Å². The highest BCUT2D eigenvalue weighted by Crippen LogP contribution is 2.36. The van der Waals surface area contributed by atoms with Crippen LogP contribution in [0.25, 0.3) is 0 Å². The first kappa shape index (κ1) is 16.1. The van der Waals surface area contributed by atoms with Crippen LogP contribution < -0.4 is 9.64 Å². The molecule has 1 aromatic carbocycles. The van der Waals surface area contributed by atoms with E-state index >= 15 is 0 Å². The Hall–Kier alpha value is -1.82. The highest BCUT2D eigenvalue weighted by Gasteiger charge is 2.28. The second-order valence-electron chi connectivity index (χ2n) is 6.53. The van der Waals surface area contributed by atoms with Gasteiger partial charge in [-0.15, -0.1) is 0 Å². The first-order valence-electron chi connectivity index (χ1n) is 8.42. The van der Waals surface area contributed by atoms with E-state index < -0.39 is 0 Å². The summed E-state index contributed by atoms with van der Waals surface area (Å²) in [7, 11) is 1.58. The summed E-state index contributed by atoms with van der Waals surface area (Å²) in [6.45, 7) is 5.80. The zero-order valence-electron chi connectivity index (χ0n) is 14.0. The van der Waals surface area contributed by atoms with Crippen molar-refractivity contribution in [1.29, 1.82) is 0 Å². The average Bonchev–Trinajstić information content (AvgIpc) is 3.09. The van der Waals surface area contributed by atoms with E-state index in [4.69, 9.17) is 4.74 Å². The lowest BCUT2D eigenvalue weighted by Gasteiger charge is -2.39. The van der Waals surface area contributed by atoms with E-state index in [0.717, 1.165) is 37.9 Å². The van der Waals surface area contributed by atoms with Gasteiger partial charge in [0.1, 0.15) is 5.75 Å². The molecule has 0 amide bonds. The van der Waals surface area contributed by atoms with Crippen LogP contribution in [0.1, 0.15) is 31.2 Å². The smallest absolute Gasteiger partial charge is 0.276 e. The van der Waals surface area contributed by atoms with Gasteiger partial charge in [0, 0.05) is 37.8 Å². The molecule has 23 heavy (non-hydrogen) atoms. The summed E-state index contributed by atoms with van der Waals surface area (Å²) in [5, 5.41) is 11.1. The quantitative estimate of drug-likeness (QED) is 0.631. The zero-order valence-corrected chi connectivity index (χ0v) is 14.0. The van der Waals surface area contributed by atoms with Gasteiger partial charge in [-0.3, -0.25) is 15.0 Å². The highest BCUT2D eigenvalue weighted by molar-refractivity contribution is 5.65. The SMILES string of the molecule is COc1cc([N+](=O)[O-])c(C)cc1N1CCN(C2CCCC2)CC1. The zero-order chi connectivity index (χ0) is 16.4. The molecule has 1 aromatic rings. The van der Waals surface area contributed by atoms with Gasteiger partial charge in [0.2, 0.25) is 0 Å². The average molecular weight is 319 g/mol. The lowest BCUT2D eigenvalue weighted by molar-refractivity contribution is -0.385. The summed E-state index contributed by atoms with van der Waals surface area (Å²) in [5.41, 5.74) is 1.78. The Labute approximate surface area is 137 Å². The monoisotopic (exact) mass is 319 g/mol. The third-order valence-corrected chi connectivity index (χ3v) is 5.19. The molecule has 6 heteroatoms. The van der Waals surface area contributed by atoms with Gasteiger partial charge in [0.05, 0.1) is 23.8 Å². The van der Waals surface area contributed by atoms with Gasteiger partial charge < -0.3 is 9.64 Å². The van der Waals surface area contributed by atoms with E-state index in [1.54, 1.807) is 20.1 Å². The van der Waals surface area contributed by atoms with Crippen molar-refractivity contribution >= 4 is 11.4 Å². The number of rotatable bonds is 4. The van der Waals surface area contributed by atoms with Crippen LogP contribution in [0.2, 0.25) is 0 Å². The second-order valence-corrected chi connectivity index (χ2v) is 6.53. The fraction of sp³-hybridized carbons (Fsp3) is 0.647. The number of nitro benzene ring substituents is 1. The maximum absolute atomic E-state index is 11.1. The molecule has 0 unspecified atom stereocenters. The van der Waals surface area contributed by atoms with Gasteiger partial charge in [-0.1, -0.05) is 12.8 Å². The number of ether oxygens (including phenoxy) is 1.